The molecule has 0 fully saturated rings. The number of carbonyl (C=O) groups excluding carboxylic acids is 1. The first-order chi connectivity index (χ1) is 17.0. The molecule has 0 aliphatic heterocycles. The van der Waals surface area contributed by atoms with Crippen LogP contribution in [0.4, 0.5) is 5.69 Å². The van der Waals surface area contributed by atoms with Crippen molar-refractivity contribution in [1.82, 2.24) is 4.98 Å². The van der Waals surface area contributed by atoms with Crippen LogP contribution >= 0.6 is 0 Å². The molecule has 35 heavy (non-hydrogen) atoms. The molecule has 0 bridgehead atoms. The molecule has 0 saturated heterocycles. The highest BCUT2D eigenvalue weighted by atomic mass is 16.5. The first-order valence-electron chi connectivity index (χ1n) is 11.2. The highest BCUT2D eigenvalue weighted by Crippen LogP contribution is 2.40. The molecule has 0 unspecified atom stereocenters. The number of hydrogen-bond donors (Lipinski definition) is 1. The van der Waals surface area contributed by atoms with Crippen molar-refractivity contribution in [3.63, 3.8) is 0 Å². The number of aryl methyl sites for hydroxylation is 1. The quantitative estimate of drug-likeness (QED) is 0.345. The van der Waals surface area contributed by atoms with Crippen molar-refractivity contribution in [2.24, 2.45) is 0 Å². The fourth-order valence-corrected chi connectivity index (χ4v) is 3.84. The van der Waals surface area contributed by atoms with Crippen LogP contribution in [0.15, 0.2) is 60.7 Å². The Morgan fingerprint density at radius 2 is 1.54 bits per heavy atom. The summed E-state index contributed by atoms with van der Waals surface area (Å²) in [5.41, 5.74) is 4.73. The highest BCUT2D eigenvalue weighted by molar-refractivity contribution is 6.07. The minimum atomic E-state index is -0.286. The van der Waals surface area contributed by atoms with Gasteiger partial charge in [-0.05, 0) is 32.0 Å². The average Bonchev–Trinajstić information content (AvgIpc) is 2.88. The zero-order valence-electron chi connectivity index (χ0n) is 20.5. The number of anilines is 1. The van der Waals surface area contributed by atoms with Gasteiger partial charge >= 0.3 is 0 Å². The standard InChI is InChI=1S/C28H28N2O5/c1-6-35-24-16-23(18-9-7-17(2)8-10-18)30-22-12-11-19(13-21(22)24)28(31)29-20-14-25(32-3)27(34-5)26(15-20)33-4/h7-16H,6H2,1-5H3,(H,29,31). The number of aromatic nitrogens is 1. The largest absolute Gasteiger partial charge is 0.493 e. The molecule has 1 heterocycles. The monoisotopic (exact) mass is 472 g/mol. The summed E-state index contributed by atoms with van der Waals surface area (Å²) in [5.74, 6) is 1.75. The molecule has 7 nitrogen and oxygen atoms in total. The molecular weight excluding hydrogens is 444 g/mol. The Labute approximate surface area is 204 Å². The molecular formula is C28H28N2O5. The van der Waals surface area contributed by atoms with E-state index in [4.69, 9.17) is 23.9 Å². The van der Waals surface area contributed by atoms with E-state index in [1.807, 2.05) is 38.1 Å². The third-order valence-electron chi connectivity index (χ3n) is 5.60. The lowest BCUT2D eigenvalue weighted by Crippen LogP contribution is -2.12. The summed E-state index contributed by atoms with van der Waals surface area (Å²) in [7, 11) is 4.58. The summed E-state index contributed by atoms with van der Waals surface area (Å²) in [6.07, 6.45) is 0. The summed E-state index contributed by atoms with van der Waals surface area (Å²) < 4.78 is 22.0. The summed E-state index contributed by atoms with van der Waals surface area (Å²) in [4.78, 5) is 17.9. The van der Waals surface area contributed by atoms with Crippen molar-refractivity contribution in [3.05, 3.63) is 71.8 Å². The lowest BCUT2D eigenvalue weighted by molar-refractivity contribution is 0.102. The van der Waals surface area contributed by atoms with E-state index in [9.17, 15) is 4.79 Å². The Hall–Kier alpha value is -4.26. The second-order valence-corrected chi connectivity index (χ2v) is 7.90. The first-order valence-corrected chi connectivity index (χ1v) is 11.2. The molecule has 4 rings (SSSR count). The molecule has 1 amide bonds. The van der Waals surface area contributed by atoms with Crippen LogP contribution < -0.4 is 24.3 Å². The summed E-state index contributed by atoms with van der Waals surface area (Å²) in [6, 6.07) is 18.8. The maximum absolute atomic E-state index is 13.1. The van der Waals surface area contributed by atoms with Crippen LogP contribution in [0, 0.1) is 6.92 Å². The maximum Gasteiger partial charge on any atom is 0.255 e. The number of methoxy groups -OCH3 is 3. The van der Waals surface area contributed by atoms with Crippen LogP contribution in [-0.4, -0.2) is 38.8 Å². The van der Waals surface area contributed by atoms with Gasteiger partial charge in [0.05, 0.1) is 39.1 Å². The van der Waals surface area contributed by atoms with Gasteiger partial charge in [-0.2, -0.15) is 0 Å². The molecule has 0 spiro atoms. The number of amides is 1. The molecule has 0 saturated carbocycles. The van der Waals surface area contributed by atoms with E-state index < -0.39 is 0 Å². The van der Waals surface area contributed by atoms with Crippen molar-refractivity contribution < 1.29 is 23.7 Å². The smallest absolute Gasteiger partial charge is 0.255 e. The number of benzene rings is 3. The SMILES string of the molecule is CCOc1cc(-c2ccc(C)cc2)nc2ccc(C(=O)Nc3cc(OC)c(OC)c(OC)c3)cc12. The normalized spacial score (nSPS) is 10.7. The summed E-state index contributed by atoms with van der Waals surface area (Å²) >= 11 is 0. The third-order valence-corrected chi connectivity index (χ3v) is 5.60. The second kappa shape index (κ2) is 10.3. The minimum absolute atomic E-state index is 0.286. The molecule has 3 aromatic carbocycles. The molecule has 0 aliphatic rings. The van der Waals surface area contributed by atoms with Crippen LogP contribution in [0.25, 0.3) is 22.2 Å². The predicted molar refractivity (Wildman–Crippen MR) is 137 cm³/mol. The topological polar surface area (TPSA) is 78.9 Å². The number of nitrogens with one attached hydrogen (secondary N) is 1. The van der Waals surface area contributed by atoms with E-state index in [-0.39, 0.29) is 5.91 Å². The van der Waals surface area contributed by atoms with Crippen LogP contribution in [0.1, 0.15) is 22.8 Å². The van der Waals surface area contributed by atoms with Crippen LogP contribution in [-0.2, 0) is 0 Å². The van der Waals surface area contributed by atoms with E-state index in [2.05, 4.69) is 17.4 Å². The van der Waals surface area contributed by atoms with Gasteiger partial charge in [-0.25, -0.2) is 4.98 Å². The van der Waals surface area contributed by atoms with Gasteiger partial charge in [0.2, 0.25) is 5.75 Å². The van der Waals surface area contributed by atoms with Crippen LogP contribution in [0.3, 0.4) is 0 Å². The fourth-order valence-electron chi connectivity index (χ4n) is 3.84. The number of hydrogen-bond acceptors (Lipinski definition) is 6. The van der Waals surface area contributed by atoms with Gasteiger partial charge in [-0.15, -0.1) is 0 Å². The second-order valence-electron chi connectivity index (χ2n) is 7.90. The van der Waals surface area contributed by atoms with Crippen LogP contribution in [0.5, 0.6) is 23.0 Å². The van der Waals surface area contributed by atoms with Crippen molar-refractivity contribution in [2.45, 2.75) is 13.8 Å². The molecule has 0 radical (unpaired) electrons. The maximum atomic E-state index is 13.1. The van der Waals surface area contributed by atoms with Gasteiger partial charge in [0.25, 0.3) is 5.91 Å². The molecule has 4 aromatic rings. The van der Waals surface area contributed by atoms with Crippen molar-refractivity contribution in [1.29, 1.82) is 0 Å². The number of carbonyl (C=O) groups is 1. The summed E-state index contributed by atoms with van der Waals surface area (Å²) in [6.45, 7) is 4.47. The first kappa shape index (κ1) is 23.9. The molecule has 180 valence electrons. The Morgan fingerprint density at radius 1 is 0.857 bits per heavy atom. The van der Waals surface area contributed by atoms with E-state index >= 15 is 0 Å². The van der Waals surface area contributed by atoms with Crippen LogP contribution in [0.2, 0.25) is 0 Å². The van der Waals surface area contributed by atoms with E-state index in [0.29, 0.717) is 40.9 Å². The van der Waals surface area contributed by atoms with Crippen molar-refractivity contribution >= 4 is 22.5 Å². The zero-order valence-corrected chi connectivity index (χ0v) is 20.5. The lowest BCUT2D eigenvalue weighted by Gasteiger charge is -2.15. The van der Waals surface area contributed by atoms with Gasteiger partial charge in [0.15, 0.2) is 11.5 Å². The van der Waals surface area contributed by atoms with Gasteiger partial charge in [0.1, 0.15) is 5.75 Å². The molecule has 1 N–H and O–H groups in total. The molecule has 1 aromatic heterocycles. The minimum Gasteiger partial charge on any atom is -0.493 e. The van der Waals surface area contributed by atoms with E-state index in [1.54, 1.807) is 24.3 Å². The predicted octanol–water partition coefficient (Wildman–Crippen LogP) is 5.89. The molecule has 0 atom stereocenters. The highest BCUT2D eigenvalue weighted by Gasteiger charge is 2.17. The van der Waals surface area contributed by atoms with Crippen molar-refractivity contribution in [2.75, 3.05) is 33.3 Å². The molecule has 7 heteroatoms. The Morgan fingerprint density at radius 3 is 2.14 bits per heavy atom. The number of fused-ring (bicyclic) bond motifs is 1. The van der Waals surface area contributed by atoms with Gasteiger partial charge in [-0.1, -0.05) is 29.8 Å². The van der Waals surface area contributed by atoms with E-state index in [1.165, 1.54) is 26.9 Å². The van der Waals surface area contributed by atoms with Gasteiger partial charge in [0, 0.05) is 40.4 Å². The molecule has 0 aliphatic carbocycles. The fraction of sp³-hybridized carbons (Fsp3) is 0.214. The lowest BCUT2D eigenvalue weighted by atomic mass is 10.1. The third kappa shape index (κ3) is 4.99. The Kier molecular flexibility index (Phi) is 7.06. The Balaban J connectivity index is 1.70. The van der Waals surface area contributed by atoms with Gasteiger partial charge in [-0.3, -0.25) is 4.79 Å². The zero-order chi connectivity index (χ0) is 24.9. The Bertz CT molecular complexity index is 1340. The summed E-state index contributed by atoms with van der Waals surface area (Å²) in [5, 5.41) is 3.67. The number of pyridine rings is 1. The van der Waals surface area contributed by atoms with Gasteiger partial charge < -0.3 is 24.3 Å². The van der Waals surface area contributed by atoms with Crippen molar-refractivity contribution in [3.8, 4) is 34.3 Å². The average molecular weight is 473 g/mol. The number of rotatable bonds is 8. The van der Waals surface area contributed by atoms with E-state index in [0.717, 1.165) is 22.2 Å². The number of ether oxygens (including phenoxy) is 4. The number of nitrogens with zero attached hydrogens (tertiary/aromatic N) is 1.